The molecule has 6 nitrogen and oxygen atoms in total. The molecule has 0 saturated heterocycles. The van der Waals surface area contributed by atoms with Crippen LogP contribution < -0.4 is 9.46 Å². The first-order valence-corrected chi connectivity index (χ1v) is 10.5. The maximum absolute atomic E-state index is 12.6. The number of nitrogens with zero attached hydrogens (tertiary/aromatic N) is 2. The summed E-state index contributed by atoms with van der Waals surface area (Å²) in [6.45, 7) is 4.64. The van der Waals surface area contributed by atoms with E-state index in [-0.39, 0.29) is 5.75 Å². The fourth-order valence-electron chi connectivity index (χ4n) is 2.35. The van der Waals surface area contributed by atoms with Crippen molar-refractivity contribution >= 4 is 39.3 Å². The standard InChI is InChI=1S/C19H24ClN3O3S/c1-5-23(3)13-21-18-10-14(2)17(11-16(18)20)22-27(24,25)12-15-8-6-7-9-19(15)26-4/h6-11,13,22H,5,12H2,1-4H3. The second kappa shape index (κ2) is 9.10. The molecule has 0 aromatic heterocycles. The third-order valence-corrected chi connectivity index (χ3v) is 5.51. The number of rotatable bonds is 8. The van der Waals surface area contributed by atoms with Gasteiger partial charge in [0.15, 0.2) is 0 Å². The van der Waals surface area contributed by atoms with Crippen molar-refractivity contribution in [3.05, 3.63) is 52.5 Å². The molecule has 0 aliphatic carbocycles. The largest absolute Gasteiger partial charge is 0.496 e. The van der Waals surface area contributed by atoms with E-state index in [1.807, 2.05) is 18.9 Å². The molecule has 2 aromatic carbocycles. The second-order valence-electron chi connectivity index (χ2n) is 6.11. The topological polar surface area (TPSA) is 71.0 Å². The van der Waals surface area contributed by atoms with Crippen LogP contribution in [-0.2, 0) is 15.8 Å². The Morgan fingerprint density at radius 3 is 2.67 bits per heavy atom. The average molecular weight is 410 g/mol. The van der Waals surface area contributed by atoms with E-state index in [0.29, 0.717) is 27.7 Å². The number of benzene rings is 2. The lowest BCUT2D eigenvalue weighted by atomic mass is 10.2. The highest BCUT2D eigenvalue weighted by Gasteiger charge is 2.17. The fourth-order valence-corrected chi connectivity index (χ4v) is 3.84. The average Bonchev–Trinajstić information content (AvgIpc) is 2.62. The summed E-state index contributed by atoms with van der Waals surface area (Å²) in [7, 11) is -0.218. The Bertz CT molecular complexity index is 930. The zero-order chi connectivity index (χ0) is 20.0. The lowest BCUT2D eigenvalue weighted by Gasteiger charge is -2.14. The zero-order valence-corrected chi connectivity index (χ0v) is 17.4. The Kier molecular flexibility index (Phi) is 7.10. The Balaban J connectivity index is 2.23. The number of para-hydroxylation sites is 1. The van der Waals surface area contributed by atoms with Gasteiger partial charge in [0, 0.05) is 19.2 Å². The molecule has 0 aliphatic heterocycles. The predicted molar refractivity (Wildman–Crippen MR) is 112 cm³/mol. The van der Waals surface area contributed by atoms with Crippen LogP contribution in [0.15, 0.2) is 41.4 Å². The molecule has 0 spiro atoms. The zero-order valence-electron chi connectivity index (χ0n) is 15.9. The molecule has 0 atom stereocenters. The smallest absolute Gasteiger partial charge is 0.237 e. The van der Waals surface area contributed by atoms with Crippen molar-refractivity contribution in [3.8, 4) is 5.75 Å². The minimum Gasteiger partial charge on any atom is -0.496 e. The van der Waals surface area contributed by atoms with Crippen molar-refractivity contribution in [1.29, 1.82) is 0 Å². The third kappa shape index (κ3) is 5.87. The highest BCUT2D eigenvalue weighted by atomic mass is 35.5. The van der Waals surface area contributed by atoms with Gasteiger partial charge in [-0.2, -0.15) is 0 Å². The summed E-state index contributed by atoms with van der Waals surface area (Å²) in [6.07, 6.45) is 1.69. The van der Waals surface area contributed by atoms with Gasteiger partial charge in [0.2, 0.25) is 10.0 Å². The van der Waals surface area contributed by atoms with Gasteiger partial charge in [-0.3, -0.25) is 4.72 Å². The second-order valence-corrected chi connectivity index (χ2v) is 8.24. The molecule has 0 fully saturated rings. The Morgan fingerprint density at radius 1 is 1.30 bits per heavy atom. The van der Waals surface area contributed by atoms with Crippen LogP contribution in [0.1, 0.15) is 18.1 Å². The fraction of sp³-hybridized carbons (Fsp3) is 0.316. The van der Waals surface area contributed by atoms with Gasteiger partial charge in [-0.05, 0) is 37.6 Å². The lowest BCUT2D eigenvalue weighted by molar-refractivity contribution is 0.411. The number of aliphatic imine (C=N–C) groups is 1. The van der Waals surface area contributed by atoms with Gasteiger partial charge >= 0.3 is 0 Å². The summed E-state index contributed by atoms with van der Waals surface area (Å²) < 4.78 is 33.0. The van der Waals surface area contributed by atoms with Gasteiger partial charge in [-0.25, -0.2) is 13.4 Å². The molecule has 0 amide bonds. The van der Waals surface area contributed by atoms with Crippen molar-refractivity contribution in [2.24, 2.45) is 4.99 Å². The number of aryl methyl sites for hydroxylation is 1. The third-order valence-electron chi connectivity index (χ3n) is 3.99. The summed E-state index contributed by atoms with van der Waals surface area (Å²) in [5.74, 6) is 0.331. The Morgan fingerprint density at radius 2 is 2.00 bits per heavy atom. The molecule has 0 heterocycles. The van der Waals surface area contributed by atoms with E-state index in [1.54, 1.807) is 49.7 Å². The van der Waals surface area contributed by atoms with Crippen molar-refractivity contribution in [3.63, 3.8) is 0 Å². The molecule has 2 rings (SSSR count). The Hall–Kier alpha value is -2.25. The Labute approximate surface area is 165 Å². The van der Waals surface area contributed by atoms with E-state index in [1.165, 1.54) is 7.11 Å². The van der Waals surface area contributed by atoms with Gasteiger partial charge in [-0.15, -0.1) is 0 Å². The van der Waals surface area contributed by atoms with E-state index < -0.39 is 10.0 Å². The monoisotopic (exact) mass is 409 g/mol. The van der Waals surface area contributed by atoms with Crippen molar-refractivity contribution in [1.82, 2.24) is 4.90 Å². The number of hydrogen-bond donors (Lipinski definition) is 1. The first-order chi connectivity index (χ1) is 12.8. The van der Waals surface area contributed by atoms with E-state index in [0.717, 1.165) is 12.1 Å². The molecule has 1 N–H and O–H groups in total. The van der Waals surface area contributed by atoms with Crippen molar-refractivity contribution in [2.75, 3.05) is 25.4 Å². The molecule has 2 aromatic rings. The predicted octanol–water partition coefficient (Wildman–Crippen LogP) is 4.21. The quantitative estimate of drug-likeness (QED) is 0.523. The van der Waals surface area contributed by atoms with Gasteiger partial charge in [0.25, 0.3) is 0 Å². The minimum atomic E-state index is -3.64. The number of sulfonamides is 1. The highest BCUT2D eigenvalue weighted by molar-refractivity contribution is 7.91. The van der Waals surface area contributed by atoms with E-state index in [9.17, 15) is 8.42 Å². The van der Waals surface area contributed by atoms with Crippen LogP contribution in [-0.4, -0.2) is 40.4 Å². The number of hydrogen-bond acceptors (Lipinski definition) is 4. The molecule has 27 heavy (non-hydrogen) atoms. The SMILES string of the molecule is CCN(C)C=Nc1cc(C)c(NS(=O)(=O)Cc2ccccc2OC)cc1Cl. The summed E-state index contributed by atoms with van der Waals surface area (Å²) in [5, 5.41) is 0.372. The summed E-state index contributed by atoms with van der Waals surface area (Å²) in [6, 6.07) is 10.3. The first kappa shape index (κ1) is 21.1. The van der Waals surface area contributed by atoms with Crippen LogP contribution in [0.2, 0.25) is 5.02 Å². The van der Waals surface area contributed by atoms with Crippen LogP contribution in [0.25, 0.3) is 0 Å². The summed E-state index contributed by atoms with van der Waals surface area (Å²) in [5.41, 5.74) is 2.33. The van der Waals surface area contributed by atoms with E-state index >= 15 is 0 Å². The van der Waals surface area contributed by atoms with Gasteiger partial charge in [-0.1, -0.05) is 29.8 Å². The number of halogens is 1. The van der Waals surface area contributed by atoms with E-state index in [2.05, 4.69) is 9.71 Å². The maximum atomic E-state index is 12.6. The van der Waals surface area contributed by atoms with Gasteiger partial charge < -0.3 is 9.64 Å². The molecule has 0 bridgehead atoms. The minimum absolute atomic E-state index is 0.199. The number of anilines is 1. The van der Waals surface area contributed by atoms with Crippen molar-refractivity contribution < 1.29 is 13.2 Å². The molecular formula is C19H24ClN3O3S. The lowest BCUT2D eigenvalue weighted by Crippen LogP contribution is -2.16. The van der Waals surface area contributed by atoms with Gasteiger partial charge in [0.1, 0.15) is 5.75 Å². The summed E-state index contributed by atoms with van der Waals surface area (Å²) >= 11 is 6.28. The maximum Gasteiger partial charge on any atom is 0.237 e. The molecule has 0 saturated carbocycles. The van der Waals surface area contributed by atoms with Crippen molar-refractivity contribution in [2.45, 2.75) is 19.6 Å². The molecule has 0 aliphatic rings. The highest BCUT2D eigenvalue weighted by Crippen LogP contribution is 2.32. The van der Waals surface area contributed by atoms with Crippen LogP contribution in [0.3, 0.4) is 0 Å². The normalized spacial score (nSPS) is 11.6. The molecular weight excluding hydrogens is 386 g/mol. The molecule has 0 radical (unpaired) electrons. The number of ether oxygens (including phenoxy) is 1. The molecule has 0 unspecified atom stereocenters. The first-order valence-electron chi connectivity index (χ1n) is 8.42. The van der Waals surface area contributed by atoms with Crippen LogP contribution in [0, 0.1) is 6.92 Å². The van der Waals surface area contributed by atoms with E-state index in [4.69, 9.17) is 16.3 Å². The molecule has 8 heteroatoms. The summed E-state index contributed by atoms with van der Waals surface area (Å²) in [4.78, 5) is 6.25. The van der Waals surface area contributed by atoms with Gasteiger partial charge in [0.05, 0.1) is 35.6 Å². The number of nitrogens with one attached hydrogen (secondary N) is 1. The van der Waals surface area contributed by atoms with Crippen LogP contribution in [0.4, 0.5) is 11.4 Å². The number of methoxy groups -OCH3 is 1. The molecule has 146 valence electrons. The van der Waals surface area contributed by atoms with Crippen LogP contribution >= 0.6 is 11.6 Å². The van der Waals surface area contributed by atoms with Crippen LogP contribution in [0.5, 0.6) is 5.75 Å².